The van der Waals surface area contributed by atoms with E-state index in [1.54, 1.807) is 6.07 Å². The molecule has 2 aromatic carbocycles. The van der Waals surface area contributed by atoms with Crippen LogP contribution in [0.4, 0.5) is 24.7 Å². The Morgan fingerprint density at radius 3 is 2.63 bits per heavy atom. The summed E-state index contributed by atoms with van der Waals surface area (Å²) in [5, 5.41) is 18.2. The number of benzene rings is 2. The fourth-order valence-electron chi connectivity index (χ4n) is 7.14. The summed E-state index contributed by atoms with van der Waals surface area (Å²) < 4.78 is 41.1. The lowest BCUT2D eigenvalue weighted by atomic mass is 10.0. The van der Waals surface area contributed by atoms with Crippen LogP contribution in [0.2, 0.25) is 0 Å². The van der Waals surface area contributed by atoms with Crippen molar-refractivity contribution < 1.29 is 18.0 Å². The quantitative estimate of drug-likeness (QED) is 0.152. The zero-order valence-electron chi connectivity index (χ0n) is 27.3. The van der Waals surface area contributed by atoms with Gasteiger partial charge in [-0.1, -0.05) is 24.8 Å². The number of likely N-dealkylation sites (tertiary alicyclic amines) is 1. The zero-order chi connectivity index (χ0) is 34.4. The summed E-state index contributed by atoms with van der Waals surface area (Å²) in [5.41, 5.74) is 7.10. The molecule has 5 aromatic rings. The number of nitrogens with one attached hydrogen (secondary N) is 2. The van der Waals surface area contributed by atoms with E-state index >= 15 is 0 Å². The number of hydrogen-bond acceptors (Lipinski definition) is 7. The van der Waals surface area contributed by atoms with Crippen LogP contribution in [-0.2, 0) is 17.8 Å². The number of nitrogens with zero attached hydrogens (tertiary/aromatic N) is 5. The Bertz CT molecular complexity index is 2120. The maximum atomic E-state index is 13.0. The van der Waals surface area contributed by atoms with Gasteiger partial charge < -0.3 is 15.2 Å². The number of carbonyl (C=O) groups is 1. The van der Waals surface area contributed by atoms with Gasteiger partial charge in [0.05, 0.1) is 11.8 Å². The van der Waals surface area contributed by atoms with Crippen LogP contribution in [0.15, 0.2) is 61.4 Å². The summed E-state index contributed by atoms with van der Waals surface area (Å²) in [6.07, 6.45) is 0.148. The van der Waals surface area contributed by atoms with Crippen LogP contribution in [0.3, 0.4) is 0 Å². The molecule has 1 aliphatic carbocycles. The van der Waals surface area contributed by atoms with Gasteiger partial charge in [0.2, 0.25) is 5.91 Å². The third kappa shape index (κ3) is 6.78. The second-order valence-electron chi connectivity index (χ2n) is 13.1. The smallest absolute Gasteiger partial charge is 0.367 e. The van der Waals surface area contributed by atoms with Crippen LogP contribution in [0.25, 0.3) is 21.1 Å². The number of anilines is 2. The first kappa shape index (κ1) is 32.8. The molecule has 49 heavy (non-hydrogen) atoms. The maximum Gasteiger partial charge on any atom is 0.393 e. The third-order valence-corrected chi connectivity index (χ3v) is 10.8. The molecule has 2 unspecified atom stereocenters. The lowest BCUT2D eigenvalue weighted by Crippen LogP contribution is -2.39. The van der Waals surface area contributed by atoms with E-state index in [-0.39, 0.29) is 22.9 Å². The van der Waals surface area contributed by atoms with Gasteiger partial charge in [0, 0.05) is 59.1 Å². The van der Waals surface area contributed by atoms with Gasteiger partial charge >= 0.3 is 6.18 Å². The Morgan fingerprint density at radius 1 is 1.12 bits per heavy atom. The maximum absolute atomic E-state index is 13.0. The highest BCUT2D eigenvalue weighted by Crippen LogP contribution is 2.54. The van der Waals surface area contributed by atoms with E-state index < -0.39 is 12.6 Å². The number of thiophene rings is 1. The summed E-state index contributed by atoms with van der Waals surface area (Å²) >= 11 is 1.06. The van der Waals surface area contributed by atoms with Gasteiger partial charge in [0.15, 0.2) is 0 Å². The predicted molar refractivity (Wildman–Crippen MR) is 187 cm³/mol. The number of nitriles is 1. The number of piperidine rings is 1. The van der Waals surface area contributed by atoms with Crippen LogP contribution in [0, 0.1) is 25.2 Å². The van der Waals surface area contributed by atoms with Crippen molar-refractivity contribution >= 4 is 49.9 Å². The number of rotatable bonds is 9. The molecule has 7 rings (SSSR count). The van der Waals surface area contributed by atoms with Gasteiger partial charge in [-0.3, -0.25) is 9.69 Å². The summed E-state index contributed by atoms with van der Waals surface area (Å²) in [6, 6.07) is 16.8. The Morgan fingerprint density at radius 2 is 1.92 bits per heavy atom. The van der Waals surface area contributed by atoms with Gasteiger partial charge in [0.1, 0.15) is 28.7 Å². The standard InChI is InChI=1S/C37H36F3N7OS/c1-4-34(48)45-31-7-5-23(13-21(31)2)29-16-33(29)47-26(18-41)14-28-22(3)24(6-8-32(28)47)19-46-11-9-25(10-12-46)44-35-30-15-27(17-37(38,39)40)49-36(30)43-20-42-35/h4-8,13-15,20,25,29,33H,1,9-12,16-17,19H2,2-3H3,(H,45,48)(H,42,43,44). The zero-order valence-corrected chi connectivity index (χ0v) is 28.1. The van der Waals surface area contributed by atoms with E-state index in [4.69, 9.17) is 0 Å². The van der Waals surface area contributed by atoms with Crippen molar-refractivity contribution in [1.29, 1.82) is 5.26 Å². The van der Waals surface area contributed by atoms with Gasteiger partial charge in [0.25, 0.3) is 0 Å². The minimum Gasteiger partial charge on any atom is -0.367 e. The molecule has 1 saturated carbocycles. The van der Waals surface area contributed by atoms with Crippen molar-refractivity contribution in [2.45, 2.75) is 70.3 Å². The molecule has 0 bridgehead atoms. The largest absolute Gasteiger partial charge is 0.393 e. The highest BCUT2D eigenvalue weighted by atomic mass is 32.1. The van der Waals surface area contributed by atoms with Gasteiger partial charge in [-0.2, -0.15) is 18.4 Å². The van der Waals surface area contributed by atoms with E-state index in [2.05, 4.69) is 73.9 Å². The summed E-state index contributed by atoms with van der Waals surface area (Å²) in [7, 11) is 0. The fraction of sp³-hybridized carbons (Fsp3) is 0.351. The van der Waals surface area contributed by atoms with E-state index in [9.17, 15) is 23.2 Å². The van der Waals surface area contributed by atoms with Crippen molar-refractivity contribution in [2.24, 2.45) is 0 Å². The number of hydrogen-bond donors (Lipinski definition) is 2. The van der Waals surface area contributed by atoms with Crippen LogP contribution < -0.4 is 10.6 Å². The minimum absolute atomic E-state index is 0.161. The van der Waals surface area contributed by atoms with Crippen molar-refractivity contribution in [3.8, 4) is 6.07 Å². The molecule has 3 aromatic heterocycles. The van der Waals surface area contributed by atoms with Crippen molar-refractivity contribution in [3.05, 3.63) is 94.3 Å². The van der Waals surface area contributed by atoms with Crippen LogP contribution >= 0.6 is 11.3 Å². The number of aryl methyl sites for hydroxylation is 2. The van der Waals surface area contributed by atoms with E-state index in [0.29, 0.717) is 27.6 Å². The number of alkyl halides is 3. The van der Waals surface area contributed by atoms with Crippen molar-refractivity contribution in [2.75, 3.05) is 23.7 Å². The van der Waals surface area contributed by atoms with Crippen LogP contribution in [0.1, 0.15) is 64.0 Å². The molecule has 2 atom stereocenters. The summed E-state index contributed by atoms with van der Waals surface area (Å²) in [4.78, 5) is 23.6. The molecule has 0 spiro atoms. The normalized spacial score (nSPS) is 18.4. The van der Waals surface area contributed by atoms with Crippen molar-refractivity contribution in [1.82, 2.24) is 19.4 Å². The van der Waals surface area contributed by atoms with E-state index in [0.717, 1.165) is 72.4 Å². The average molecular weight is 684 g/mol. The average Bonchev–Trinajstić information content (AvgIpc) is 3.59. The molecule has 1 aliphatic heterocycles. The number of aromatic nitrogens is 3. The molecule has 1 saturated heterocycles. The molecule has 8 nitrogen and oxygen atoms in total. The molecule has 0 radical (unpaired) electrons. The molecule has 2 fully saturated rings. The Balaban J connectivity index is 1.01. The number of halogens is 3. The number of amides is 1. The molecule has 4 heterocycles. The third-order valence-electron chi connectivity index (χ3n) is 9.81. The van der Waals surface area contributed by atoms with Gasteiger partial charge in [-0.25, -0.2) is 9.97 Å². The second-order valence-corrected chi connectivity index (χ2v) is 14.2. The Hall–Kier alpha value is -4.73. The molecule has 2 aliphatic rings. The topological polar surface area (TPSA) is 98.9 Å². The van der Waals surface area contributed by atoms with Gasteiger partial charge in [-0.15, -0.1) is 11.3 Å². The Labute approximate surface area is 286 Å². The summed E-state index contributed by atoms with van der Waals surface area (Å²) in [6.45, 7) is 10.2. The predicted octanol–water partition coefficient (Wildman–Crippen LogP) is 8.17. The molecular formula is C37H36F3N7OS. The molecule has 252 valence electrons. The number of fused-ring (bicyclic) bond motifs is 2. The first-order chi connectivity index (χ1) is 23.5. The van der Waals surface area contributed by atoms with Crippen LogP contribution in [0.5, 0.6) is 0 Å². The molecule has 12 heteroatoms. The highest BCUT2D eigenvalue weighted by molar-refractivity contribution is 7.18. The first-order valence-electron chi connectivity index (χ1n) is 16.4. The monoisotopic (exact) mass is 683 g/mol. The fourth-order valence-corrected chi connectivity index (χ4v) is 8.17. The van der Waals surface area contributed by atoms with E-state index in [1.165, 1.54) is 29.1 Å². The van der Waals surface area contributed by atoms with Gasteiger partial charge in [-0.05, 0) is 85.7 Å². The highest BCUT2D eigenvalue weighted by Gasteiger charge is 2.42. The molecular weight excluding hydrogens is 648 g/mol. The van der Waals surface area contributed by atoms with Crippen molar-refractivity contribution in [3.63, 3.8) is 0 Å². The van der Waals surface area contributed by atoms with Crippen LogP contribution in [-0.4, -0.2) is 50.6 Å². The molecule has 2 N–H and O–H groups in total. The number of carbonyl (C=O) groups excluding carboxylic acids is 1. The first-order valence-corrected chi connectivity index (χ1v) is 17.2. The Kier molecular flexibility index (Phi) is 8.67. The lowest BCUT2D eigenvalue weighted by Gasteiger charge is -2.33. The summed E-state index contributed by atoms with van der Waals surface area (Å²) in [5.74, 6) is 0.647. The second kappa shape index (κ2) is 12.9. The molecule has 1 amide bonds. The lowest BCUT2D eigenvalue weighted by molar-refractivity contribution is -0.126. The van der Waals surface area contributed by atoms with E-state index in [1.807, 2.05) is 19.1 Å². The minimum atomic E-state index is -4.26. The SMILES string of the molecule is C=CC(=O)Nc1ccc(C2CC2n2c(C#N)cc3c(C)c(CN4CCC(Nc5ncnc6sc(CC(F)(F)F)cc56)CC4)ccc32)cc1C.